The van der Waals surface area contributed by atoms with Crippen LogP contribution in [0.3, 0.4) is 0 Å². The molecule has 1 aliphatic rings. The Morgan fingerprint density at radius 3 is 2.79 bits per heavy atom. The van der Waals surface area contributed by atoms with Crippen molar-refractivity contribution in [3.63, 3.8) is 0 Å². The van der Waals surface area contributed by atoms with Gasteiger partial charge in [0.05, 0.1) is 0 Å². The molecule has 1 fully saturated rings. The number of hydrogen-bond acceptors (Lipinski definition) is 2. The lowest BCUT2D eigenvalue weighted by Gasteiger charge is -2.41. The van der Waals surface area contributed by atoms with Crippen molar-refractivity contribution in [1.29, 1.82) is 0 Å². The summed E-state index contributed by atoms with van der Waals surface area (Å²) in [5, 5.41) is 2.44. The first-order chi connectivity index (χ1) is 9.32. The van der Waals surface area contributed by atoms with Crippen LogP contribution in [0.5, 0.6) is 0 Å². The molecule has 3 N–H and O–H groups in total. The monoisotopic (exact) mass is 251 g/mol. The molecule has 1 aromatic carbocycles. The minimum absolute atomic E-state index is 0.226. The van der Waals surface area contributed by atoms with Crippen molar-refractivity contribution in [2.24, 2.45) is 5.73 Å². The Balaban J connectivity index is 1.94. The first-order valence-electron chi connectivity index (χ1n) is 6.88. The molecule has 0 amide bonds. The topological polar surface area (TPSA) is 54.7 Å². The number of pyridine rings is 1. The smallest absolute Gasteiger partial charge is 0.0495 e. The molecular weight excluding hydrogens is 234 g/mol. The molecule has 2 heterocycles. The maximum atomic E-state index is 6.00. The molecule has 1 saturated carbocycles. The highest BCUT2D eigenvalue weighted by Crippen LogP contribution is 2.43. The number of hydrogen-bond donors (Lipinski definition) is 2. The van der Waals surface area contributed by atoms with Crippen LogP contribution in [-0.2, 0) is 5.41 Å². The van der Waals surface area contributed by atoms with Crippen molar-refractivity contribution < 1.29 is 0 Å². The van der Waals surface area contributed by atoms with Gasteiger partial charge in [-0.05, 0) is 30.5 Å². The SMILES string of the molecule is NCC1(c2ccc3c(c2)[nH]c2ccncc23)CCC1. The van der Waals surface area contributed by atoms with Crippen LogP contribution >= 0.6 is 0 Å². The van der Waals surface area contributed by atoms with Crippen LogP contribution in [0.1, 0.15) is 24.8 Å². The second-order valence-corrected chi connectivity index (χ2v) is 5.64. The lowest BCUT2D eigenvalue weighted by Crippen LogP contribution is -2.41. The lowest BCUT2D eigenvalue weighted by atomic mass is 9.64. The molecule has 0 unspecified atom stereocenters. The summed E-state index contributed by atoms with van der Waals surface area (Å²) in [5.74, 6) is 0. The predicted octanol–water partition coefficient (Wildman–Crippen LogP) is 3.10. The van der Waals surface area contributed by atoms with Crippen molar-refractivity contribution in [2.45, 2.75) is 24.7 Å². The first kappa shape index (κ1) is 11.0. The fourth-order valence-electron chi connectivity index (χ4n) is 3.29. The highest BCUT2D eigenvalue weighted by molar-refractivity contribution is 6.06. The standard InChI is InChI=1S/C16H17N3/c17-10-16(5-1-6-16)11-2-3-12-13-9-18-7-4-14(13)19-15(12)8-11/h2-4,7-9,19H,1,5-6,10,17H2. The number of nitrogens with one attached hydrogen (secondary N) is 1. The summed E-state index contributed by atoms with van der Waals surface area (Å²) in [6, 6.07) is 8.76. The van der Waals surface area contributed by atoms with E-state index in [0.717, 1.165) is 12.1 Å². The summed E-state index contributed by atoms with van der Waals surface area (Å²) in [6.07, 6.45) is 7.49. The van der Waals surface area contributed by atoms with Crippen LogP contribution in [0.4, 0.5) is 0 Å². The van der Waals surface area contributed by atoms with E-state index in [0.29, 0.717) is 0 Å². The van der Waals surface area contributed by atoms with E-state index < -0.39 is 0 Å². The number of rotatable bonds is 2. The average molecular weight is 251 g/mol. The van der Waals surface area contributed by atoms with Gasteiger partial charge in [0.1, 0.15) is 0 Å². The lowest BCUT2D eigenvalue weighted by molar-refractivity contribution is 0.253. The molecule has 0 atom stereocenters. The van der Waals surface area contributed by atoms with E-state index in [9.17, 15) is 0 Å². The Morgan fingerprint density at radius 2 is 2.05 bits per heavy atom. The van der Waals surface area contributed by atoms with E-state index in [2.05, 4.69) is 28.2 Å². The van der Waals surface area contributed by atoms with Gasteiger partial charge in [-0.3, -0.25) is 4.98 Å². The zero-order valence-corrected chi connectivity index (χ0v) is 10.8. The summed E-state index contributed by atoms with van der Waals surface area (Å²) in [4.78, 5) is 7.69. The van der Waals surface area contributed by atoms with Crippen LogP contribution in [0, 0.1) is 0 Å². The fraction of sp³-hybridized carbons (Fsp3) is 0.312. The Labute approximate surface area is 111 Å². The third kappa shape index (κ3) is 1.45. The highest BCUT2D eigenvalue weighted by atomic mass is 14.7. The van der Waals surface area contributed by atoms with Crippen LogP contribution in [0.15, 0.2) is 36.7 Å². The third-order valence-corrected chi connectivity index (χ3v) is 4.71. The summed E-state index contributed by atoms with van der Waals surface area (Å²) >= 11 is 0. The number of nitrogens with two attached hydrogens (primary N) is 1. The Hall–Kier alpha value is -1.87. The molecule has 2 aromatic heterocycles. The normalized spacial score (nSPS) is 17.7. The molecule has 0 bridgehead atoms. The van der Waals surface area contributed by atoms with Crippen LogP contribution < -0.4 is 5.73 Å². The van der Waals surface area contributed by atoms with Crippen molar-refractivity contribution in [3.05, 3.63) is 42.2 Å². The molecule has 96 valence electrons. The summed E-state index contributed by atoms with van der Waals surface area (Å²) < 4.78 is 0. The molecule has 0 radical (unpaired) electrons. The Kier molecular flexibility index (Phi) is 2.21. The Bertz CT molecular complexity index is 747. The van der Waals surface area contributed by atoms with Gasteiger partial charge in [0.25, 0.3) is 0 Å². The van der Waals surface area contributed by atoms with Crippen molar-refractivity contribution >= 4 is 21.8 Å². The molecule has 3 aromatic rings. The van der Waals surface area contributed by atoms with Gasteiger partial charge in [-0.25, -0.2) is 0 Å². The third-order valence-electron chi connectivity index (χ3n) is 4.71. The van der Waals surface area contributed by atoms with Gasteiger partial charge in [0.2, 0.25) is 0 Å². The maximum Gasteiger partial charge on any atom is 0.0495 e. The van der Waals surface area contributed by atoms with Crippen molar-refractivity contribution in [2.75, 3.05) is 6.54 Å². The van der Waals surface area contributed by atoms with E-state index in [1.807, 2.05) is 18.5 Å². The van der Waals surface area contributed by atoms with E-state index >= 15 is 0 Å². The van der Waals surface area contributed by atoms with Gasteiger partial charge in [0, 0.05) is 46.2 Å². The minimum Gasteiger partial charge on any atom is -0.354 e. The zero-order chi connectivity index (χ0) is 12.9. The van der Waals surface area contributed by atoms with Crippen molar-refractivity contribution in [1.82, 2.24) is 9.97 Å². The molecule has 1 aliphatic carbocycles. The van der Waals surface area contributed by atoms with E-state index in [4.69, 9.17) is 5.73 Å². The van der Waals surface area contributed by atoms with E-state index in [1.54, 1.807) is 0 Å². The Morgan fingerprint density at radius 1 is 1.16 bits per heavy atom. The highest BCUT2D eigenvalue weighted by Gasteiger charge is 2.37. The predicted molar refractivity (Wildman–Crippen MR) is 78.2 cm³/mol. The number of nitrogens with zero attached hydrogens (tertiary/aromatic N) is 1. The quantitative estimate of drug-likeness (QED) is 0.735. The number of aromatic nitrogens is 2. The van der Waals surface area contributed by atoms with Crippen molar-refractivity contribution in [3.8, 4) is 0 Å². The number of H-pyrrole nitrogens is 1. The number of aromatic amines is 1. The van der Waals surface area contributed by atoms with E-state index in [-0.39, 0.29) is 5.41 Å². The second-order valence-electron chi connectivity index (χ2n) is 5.64. The molecule has 3 heteroatoms. The second kappa shape index (κ2) is 3.81. The summed E-state index contributed by atoms with van der Waals surface area (Å²) in [5.41, 5.74) is 9.95. The van der Waals surface area contributed by atoms with Crippen LogP contribution in [0.25, 0.3) is 21.8 Å². The molecule has 4 rings (SSSR count). The van der Waals surface area contributed by atoms with Crippen LogP contribution in [-0.4, -0.2) is 16.5 Å². The molecule has 0 aliphatic heterocycles. The zero-order valence-electron chi connectivity index (χ0n) is 10.8. The molecule has 3 nitrogen and oxygen atoms in total. The van der Waals surface area contributed by atoms with Gasteiger partial charge in [-0.2, -0.15) is 0 Å². The fourth-order valence-corrected chi connectivity index (χ4v) is 3.29. The summed E-state index contributed by atoms with van der Waals surface area (Å²) in [6.45, 7) is 0.750. The average Bonchev–Trinajstić information content (AvgIpc) is 2.76. The summed E-state index contributed by atoms with van der Waals surface area (Å²) in [7, 11) is 0. The first-order valence-corrected chi connectivity index (χ1v) is 6.88. The van der Waals surface area contributed by atoms with Gasteiger partial charge >= 0.3 is 0 Å². The number of benzene rings is 1. The van der Waals surface area contributed by atoms with E-state index in [1.165, 1.54) is 41.1 Å². The van der Waals surface area contributed by atoms with Gasteiger partial charge < -0.3 is 10.7 Å². The molecule has 19 heavy (non-hydrogen) atoms. The van der Waals surface area contributed by atoms with Gasteiger partial charge in [0.15, 0.2) is 0 Å². The minimum atomic E-state index is 0.226. The van der Waals surface area contributed by atoms with Crippen LogP contribution in [0.2, 0.25) is 0 Å². The molecule has 0 saturated heterocycles. The maximum absolute atomic E-state index is 6.00. The van der Waals surface area contributed by atoms with Gasteiger partial charge in [-0.15, -0.1) is 0 Å². The molecular formula is C16H17N3. The largest absolute Gasteiger partial charge is 0.354 e. The van der Waals surface area contributed by atoms with Gasteiger partial charge in [-0.1, -0.05) is 18.6 Å². The molecule has 0 spiro atoms. The number of fused-ring (bicyclic) bond motifs is 3.